The third-order valence-corrected chi connectivity index (χ3v) is 4.88. The molecule has 2 heterocycles. The number of nitrogens with one attached hydrogen (secondary N) is 4. The number of hydrazone groups is 1. The summed E-state index contributed by atoms with van der Waals surface area (Å²) >= 11 is 1.12. The van der Waals surface area contributed by atoms with Crippen LogP contribution in [-0.4, -0.2) is 33.3 Å². The second-order valence-corrected chi connectivity index (χ2v) is 7.27. The molecule has 0 aliphatic carbocycles. The molecule has 0 saturated heterocycles. The number of urea groups is 1. The number of hydrogen-bond donors (Lipinski definition) is 4. The smallest absolute Gasteiger partial charge is 0.325 e. The molecule has 0 atom stereocenters. The molecule has 9 nitrogen and oxygen atoms in total. The van der Waals surface area contributed by atoms with E-state index in [9.17, 15) is 9.59 Å². The first-order chi connectivity index (χ1) is 14.7. The van der Waals surface area contributed by atoms with Crippen LogP contribution in [0.25, 0.3) is 10.9 Å². The second-order valence-electron chi connectivity index (χ2n) is 6.21. The van der Waals surface area contributed by atoms with Crippen molar-refractivity contribution in [2.45, 2.75) is 6.42 Å². The SMILES string of the molecule is O=C(Cc1nnc(NC(=O)Nc2ccccc2)s1)N/N=C/c1c[nH]c2ccccc12. The highest BCUT2D eigenvalue weighted by atomic mass is 32.1. The standard InChI is InChI=1S/C20H17N7O2S/c28-17(25-22-12-13-11-21-16-9-5-4-8-15(13)16)10-18-26-27-20(30-18)24-19(29)23-14-6-2-1-3-7-14/h1-9,11-12,21H,10H2,(H,25,28)(H2,23,24,27,29)/b22-12+. The first-order valence-corrected chi connectivity index (χ1v) is 9.82. The van der Waals surface area contributed by atoms with Gasteiger partial charge in [0, 0.05) is 28.4 Å². The Morgan fingerprint density at radius 2 is 1.83 bits per heavy atom. The second kappa shape index (κ2) is 8.97. The van der Waals surface area contributed by atoms with Crippen molar-refractivity contribution in [1.29, 1.82) is 0 Å². The van der Waals surface area contributed by atoms with Crippen LogP contribution < -0.4 is 16.1 Å². The van der Waals surface area contributed by atoms with Crippen LogP contribution in [0.4, 0.5) is 15.6 Å². The molecule has 4 N–H and O–H groups in total. The van der Waals surface area contributed by atoms with Crippen molar-refractivity contribution in [3.63, 3.8) is 0 Å². The predicted octanol–water partition coefficient (Wildman–Crippen LogP) is 3.36. The van der Waals surface area contributed by atoms with Crippen LogP contribution in [0, 0.1) is 0 Å². The number of fused-ring (bicyclic) bond motifs is 1. The minimum atomic E-state index is -0.434. The summed E-state index contributed by atoms with van der Waals surface area (Å²) in [5.74, 6) is -0.331. The molecule has 0 radical (unpaired) electrons. The zero-order valence-corrected chi connectivity index (χ0v) is 16.4. The maximum Gasteiger partial charge on any atom is 0.325 e. The van der Waals surface area contributed by atoms with E-state index in [1.807, 2.05) is 48.7 Å². The van der Waals surface area contributed by atoms with Crippen molar-refractivity contribution in [2.24, 2.45) is 5.10 Å². The Morgan fingerprint density at radius 3 is 2.70 bits per heavy atom. The number of para-hydroxylation sites is 2. The number of aromatic amines is 1. The van der Waals surface area contributed by atoms with Gasteiger partial charge in [-0.3, -0.25) is 10.1 Å². The average Bonchev–Trinajstić information content (AvgIpc) is 3.35. The molecule has 3 amide bonds. The summed E-state index contributed by atoms with van der Waals surface area (Å²) in [6.07, 6.45) is 3.41. The maximum atomic E-state index is 12.1. The van der Waals surface area contributed by atoms with Gasteiger partial charge in [0.2, 0.25) is 11.0 Å². The van der Waals surface area contributed by atoms with E-state index in [2.05, 4.69) is 36.3 Å². The van der Waals surface area contributed by atoms with Crippen molar-refractivity contribution < 1.29 is 9.59 Å². The van der Waals surface area contributed by atoms with E-state index >= 15 is 0 Å². The number of rotatable bonds is 6. The van der Waals surface area contributed by atoms with Crippen molar-refractivity contribution in [3.8, 4) is 0 Å². The minimum Gasteiger partial charge on any atom is -0.361 e. The van der Waals surface area contributed by atoms with Crippen LogP contribution in [0.1, 0.15) is 10.6 Å². The number of carbonyl (C=O) groups excluding carboxylic acids is 2. The first kappa shape index (κ1) is 19.3. The lowest BCUT2D eigenvalue weighted by molar-refractivity contribution is -0.120. The quantitative estimate of drug-likeness (QED) is 0.282. The zero-order valence-electron chi connectivity index (χ0n) is 15.6. The summed E-state index contributed by atoms with van der Waals surface area (Å²) in [4.78, 5) is 27.2. The van der Waals surface area contributed by atoms with Crippen molar-refractivity contribution in [2.75, 3.05) is 10.6 Å². The van der Waals surface area contributed by atoms with Crippen LogP contribution in [0.3, 0.4) is 0 Å². The largest absolute Gasteiger partial charge is 0.361 e. The number of amides is 3. The van der Waals surface area contributed by atoms with Gasteiger partial charge in [0.25, 0.3) is 0 Å². The fraction of sp³-hybridized carbons (Fsp3) is 0.0500. The molecule has 0 saturated carbocycles. The van der Waals surface area contributed by atoms with Gasteiger partial charge in [-0.1, -0.05) is 47.7 Å². The van der Waals surface area contributed by atoms with Gasteiger partial charge in [0.05, 0.1) is 12.6 Å². The van der Waals surface area contributed by atoms with Gasteiger partial charge < -0.3 is 10.3 Å². The third kappa shape index (κ3) is 4.86. The predicted molar refractivity (Wildman–Crippen MR) is 117 cm³/mol. The molecule has 0 fully saturated rings. The summed E-state index contributed by atoms with van der Waals surface area (Å²) < 4.78 is 0. The number of benzene rings is 2. The fourth-order valence-electron chi connectivity index (χ4n) is 2.71. The summed E-state index contributed by atoms with van der Waals surface area (Å²) in [5.41, 5.74) is 5.00. The van der Waals surface area contributed by atoms with Gasteiger partial charge in [0.15, 0.2) is 0 Å². The third-order valence-electron chi connectivity index (χ3n) is 4.04. The van der Waals surface area contributed by atoms with Gasteiger partial charge in [-0.05, 0) is 18.2 Å². The van der Waals surface area contributed by atoms with E-state index in [-0.39, 0.29) is 12.3 Å². The molecule has 150 valence electrons. The van der Waals surface area contributed by atoms with E-state index in [4.69, 9.17) is 0 Å². The molecule has 4 aromatic rings. The number of hydrogen-bond acceptors (Lipinski definition) is 6. The van der Waals surface area contributed by atoms with Crippen LogP contribution in [-0.2, 0) is 11.2 Å². The van der Waals surface area contributed by atoms with E-state index in [0.29, 0.717) is 15.8 Å². The number of H-pyrrole nitrogens is 1. The van der Waals surface area contributed by atoms with Gasteiger partial charge in [0.1, 0.15) is 5.01 Å². The van der Waals surface area contributed by atoms with Gasteiger partial charge in [-0.15, -0.1) is 10.2 Å². The lowest BCUT2D eigenvalue weighted by atomic mass is 10.2. The minimum absolute atomic E-state index is 0.00484. The molecule has 2 aromatic carbocycles. The van der Waals surface area contributed by atoms with Gasteiger partial charge in [-0.2, -0.15) is 5.10 Å². The fourth-order valence-corrected chi connectivity index (χ4v) is 3.44. The van der Waals surface area contributed by atoms with Crippen molar-refractivity contribution in [1.82, 2.24) is 20.6 Å². The van der Waals surface area contributed by atoms with E-state index < -0.39 is 6.03 Å². The van der Waals surface area contributed by atoms with E-state index in [1.165, 1.54) is 0 Å². The van der Waals surface area contributed by atoms with Gasteiger partial charge in [-0.25, -0.2) is 10.2 Å². The van der Waals surface area contributed by atoms with Crippen LogP contribution in [0.15, 0.2) is 65.9 Å². The molecule has 0 aliphatic rings. The Morgan fingerprint density at radius 1 is 1.03 bits per heavy atom. The molecule has 10 heteroatoms. The molecule has 4 rings (SSSR count). The lowest BCUT2D eigenvalue weighted by Gasteiger charge is -2.03. The summed E-state index contributed by atoms with van der Waals surface area (Å²) in [7, 11) is 0. The Kier molecular flexibility index (Phi) is 5.76. The highest BCUT2D eigenvalue weighted by Gasteiger charge is 2.11. The molecular weight excluding hydrogens is 402 g/mol. The molecule has 0 spiro atoms. The number of nitrogens with zero attached hydrogens (tertiary/aromatic N) is 3. The number of carbonyl (C=O) groups is 2. The monoisotopic (exact) mass is 419 g/mol. The molecule has 0 unspecified atom stereocenters. The highest BCUT2D eigenvalue weighted by molar-refractivity contribution is 7.15. The molecule has 30 heavy (non-hydrogen) atoms. The Bertz CT molecular complexity index is 1200. The summed E-state index contributed by atoms with van der Waals surface area (Å²) in [6.45, 7) is 0. The van der Waals surface area contributed by atoms with E-state index in [1.54, 1.807) is 18.3 Å². The Labute approximate surface area is 175 Å². The highest BCUT2D eigenvalue weighted by Crippen LogP contribution is 2.17. The Hall–Kier alpha value is -4.05. The summed E-state index contributed by atoms with van der Waals surface area (Å²) in [5, 5.41) is 18.9. The Balaban J connectivity index is 1.28. The van der Waals surface area contributed by atoms with Crippen molar-refractivity contribution in [3.05, 3.63) is 71.4 Å². The molecular formula is C20H17N7O2S. The zero-order chi connectivity index (χ0) is 20.8. The lowest BCUT2D eigenvalue weighted by Crippen LogP contribution is -2.19. The number of aromatic nitrogens is 3. The molecule has 0 aliphatic heterocycles. The summed E-state index contributed by atoms with van der Waals surface area (Å²) in [6, 6.07) is 16.4. The van der Waals surface area contributed by atoms with Crippen molar-refractivity contribution >= 4 is 51.2 Å². The first-order valence-electron chi connectivity index (χ1n) is 9.01. The number of anilines is 2. The van der Waals surface area contributed by atoms with Gasteiger partial charge >= 0.3 is 6.03 Å². The normalized spacial score (nSPS) is 10.9. The molecule has 2 aromatic heterocycles. The van der Waals surface area contributed by atoms with Crippen LogP contribution in [0.2, 0.25) is 0 Å². The van der Waals surface area contributed by atoms with Crippen LogP contribution >= 0.6 is 11.3 Å². The van der Waals surface area contributed by atoms with Crippen LogP contribution in [0.5, 0.6) is 0 Å². The van der Waals surface area contributed by atoms with E-state index in [0.717, 1.165) is 27.8 Å². The maximum absolute atomic E-state index is 12.1. The topological polar surface area (TPSA) is 124 Å². The average molecular weight is 419 g/mol. The molecule has 0 bridgehead atoms.